The summed E-state index contributed by atoms with van der Waals surface area (Å²) < 4.78 is 5.44. The van der Waals surface area contributed by atoms with Crippen molar-refractivity contribution >= 4 is 6.03 Å². The van der Waals surface area contributed by atoms with Gasteiger partial charge in [0.25, 0.3) is 0 Å². The second-order valence-electron chi connectivity index (χ2n) is 6.40. The molecule has 2 heterocycles. The summed E-state index contributed by atoms with van der Waals surface area (Å²) in [5.41, 5.74) is 2.01. The lowest BCUT2D eigenvalue weighted by Crippen LogP contribution is -2.37. The maximum atomic E-state index is 12.4. The first-order valence-electron chi connectivity index (χ1n) is 8.75. The smallest absolute Gasteiger partial charge is 0.317 e. The fourth-order valence-electron chi connectivity index (χ4n) is 3.14. The van der Waals surface area contributed by atoms with Gasteiger partial charge in [0.15, 0.2) is 0 Å². The molecular weight excluding hydrogens is 328 g/mol. The van der Waals surface area contributed by atoms with Crippen molar-refractivity contribution < 1.29 is 9.32 Å². The van der Waals surface area contributed by atoms with Crippen LogP contribution in [0.25, 0.3) is 11.4 Å². The Hall–Kier alpha value is -3.15. The summed E-state index contributed by atoms with van der Waals surface area (Å²) in [5.74, 6) is 1.28. The zero-order valence-corrected chi connectivity index (χ0v) is 14.3. The lowest BCUT2D eigenvalue weighted by Gasteiger charge is -2.16. The van der Waals surface area contributed by atoms with Gasteiger partial charge in [0.2, 0.25) is 11.7 Å². The van der Waals surface area contributed by atoms with Crippen LogP contribution < -0.4 is 5.32 Å². The highest BCUT2D eigenvalue weighted by molar-refractivity contribution is 5.74. The van der Waals surface area contributed by atoms with Crippen molar-refractivity contribution in [2.75, 3.05) is 13.1 Å². The van der Waals surface area contributed by atoms with Crippen molar-refractivity contribution in [3.05, 3.63) is 72.1 Å². The molecule has 1 fully saturated rings. The summed E-state index contributed by atoms with van der Waals surface area (Å²) in [5, 5.41) is 7.04. The molecule has 6 nitrogen and oxygen atoms in total. The normalized spacial score (nSPS) is 16.6. The highest BCUT2D eigenvalue weighted by Gasteiger charge is 2.31. The largest absolute Gasteiger partial charge is 0.339 e. The van der Waals surface area contributed by atoms with Crippen LogP contribution in [-0.4, -0.2) is 34.2 Å². The van der Waals surface area contributed by atoms with E-state index in [1.165, 1.54) is 0 Å². The Bertz CT molecular complexity index is 864. The van der Waals surface area contributed by atoms with Crippen molar-refractivity contribution in [2.24, 2.45) is 0 Å². The minimum absolute atomic E-state index is 0.0563. The van der Waals surface area contributed by atoms with Crippen LogP contribution in [0.4, 0.5) is 4.79 Å². The Morgan fingerprint density at radius 3 is 2.62 bits per heavy atom. The number of rotatable bonds is 4. The SMILES string of the molecule is O=C(NCc1ccccc1)N1CC[C@@H](c2nc(-c3ccccc3)no2)C1. The molecule has 1 aliphatic heterocycles. The first-order valence-corrected chi connectivity index (χ1v) is 8.75. The topological polar surface area (TPSA) is 71.3 Å². The number of nitrogens with zero attached hydrogens (tertiary/aromatic N) is 3. The van der Waals surface area contributed by atoms with Crippen LogP contribution in [0.15, 0.2) is 65.2 Å². The predicted molar refractivity (Wildman–Crippen MR) is 97.3 cm³/mol. The van der Waals surface area contributed by atoms with E-state index in [2.05, 4.69) is 15.5 Å². The number of nitrogens with one attached hydrogen (secondary N) is 1. The van der Waals surface area contributed by atoms with E-state index in [1.807, 2.05) is 60.7 Å². The van der Waals surface area contributed by atoms with E-state index in [1.54, 1.807) is 4.90 Å². The van der Waals surface area contributed by atoms with Gasteiger partial charge in [-0.15, -0.1) is 0 Å². The summed E-state index contributed by atoms with van der Waals surface area (Å²) in [6.07, 6.45) is 0.829. The van der Waals surface area contributed by atoms with E-state index in [0.717, 1.165) is 17.5 Å². The van der Waals surface area contributed by atoms with Gasteiger partial charge in [-0.1, -0.05) is 65.8 Å². The fourth-order valence-corrected chi connectivity index (χ4v) is 3.14. The van der Waals surface area contributed by atoms with Crippen molar-refractivity contribution in [3.63, 3.8) is 0 Å². The van der Waals surface area contributed by atoms with Crippen LogP contribution in [0.3, 0.4) is 0 Å². The Kier molecular flexibility index (Phi) is 4.64. The molecule has 1 N–H and O–H groups in total. The third-order valence-corrected chi connectivity index (χ3v) is 4.58. The van der Waals surface area contributed by atoms with Crippen LogP contribution >= 0.6 is 0 Å². The van der Waals surface area contributed by atoms with E-state index in [9.17, 15) is 4.79 Å². The molecule has 132 valence electrons. The number of carbonyl (C=O) groups excluding carboxylic acids is 1. The summed E-state index contributed by atoms with van der Waals surface area (Å²) >= 11 is 0. The van der Waals surface area contributed by atoms with E-state index in [0.29, 0.717) is 31.3 Å². The summed E-state index contributed by atoms with van der Waals surface area (Å²) in [6, 6.07) is 19.6. The molecule has 0 bridgehead atoms. The molecule has 1 aromatic heterocycles. The predicted octanol–water partition coefficient (Wildman–Crippen LogP) is 3.44. The van der Waals surface area contributed by atoms with Crippen molar-refractivity contribution in [1.82, 2.24) is 20.4 Å². The first-order chi connectivity index (χ1) is 12.8. The number of likely N-dealkylation sites (tertiary alicyclic amines) is 1. The number of amides is 2. The maximum Gasteiger partial charge on any atom is 0.317 e. The van der Waals surface area contributed by atoms with Crippen molar-refractivity contribution in [2.45, 2.75) is 18.9 Å². The van der Waals surface area contributed by atoms with Gasteiger partial charge in [-0.05, 0) is 12.0 Å². The summed E-state index contributed by atoms with van der Waals surface area (Å²) in [7, 11) is 0. The van der Waals surface area contributed by atoms with Crippen LogP contribution in [-0.2, 0) is 6.54 Å². The highest BCUT2D eigenvalue weighted by atomic mass is 16.5. The van der Waals surface area contributed by atoms with Crippen molar-refractivity contribution in [3.8, 4) is 11.4 Å². The monoisotopic (exact) mass is 348 g/mol. The molecule has 0 aliphatic carbocycles. The number of carbonyl (C=O) groups is 1. The number of urea groups is 1. The van der Waals surface area contributed by atoms with Gasteiger partial charge in [0, 0.05) is 25.2 Å². The fraction of sp³-hybridized carbons (Fsp3) is 0.250. The van der Waals surface area contributed by atoms with Crippen molar-refractivity contribution in [1.29, 1.82) is 0 Å². The first kappa shape index (κ1) is 16.3. The Labute approximate surface area is 151 Å². The average molecular weight is 348 g/mol. The third-order valence-electron chi connectivity index (χ3n) is 4.58. The Balaban J connectivity index is 1.35. The van der Waals surface area contributed by atoms with E-state index in [-0.39, 0.29) is 11.9 Å². The molecule has 0 unspecified atom stereocenters. The molecule has 0 saturated carbocycles. The second-order valence-corrected chi connectivity index (χ2v) is 6.40. The lowest BCUT2D eigenvalue weighted by molar-refractivity contribution is 0.207. The number of aromatic nitrogens is 2. The Morgan fingerprint density at radius 2 is 1.85 bits per heavy atom. The standard InChI is InChI=1S/C20H20N4O2/c25-20(21-13-15-7-3-1-4-8-15)24-12-11-17(14-24)19-22-18(23-26-19)16-9-5-2-6-10-16/h1-10,17H,11-14H2,(H,21,25)/t17-/m1/s1. The van der Waals surface area contributed by atoms with Crippen LogP contribution in [0.5, 0.6) is 0 Å². The molecule has 0 radical (unpaired) electrons. The van der Waals surface area contributed by atoms with Gasteiger partial charge in [0.1, 0.15) is 0 Å². The molecular formula is C20H20N4O2. The van der Waals surface area contributed by atoms with Crippen LogP contribution in [0, 0.1) is 0 Å². The van der Waals surface area contributed by atoms with Gasteiger partial charge in [-0.25, -0.2) is 4.79 Å². The molecule has 2 amide bonds. The van der Waals surface area contributed by atoms with Crippen LogP contribution in [0.1, 0.15) is 23.8 Å². The van der Waals surface area contributed by atoms with E-state index in [4.69, 9.17) is 4.52 Å². The molecule has 4 rings (SSSR count). The molecule has 26 heavy (non-hydrogen) atoms. The van der Waals surface area contributed by atoms with E-state index < -0.39 is 0 Å². The molecule has 3 aromatic rings. The maximum absolute atomic E-state index is 12.4. The third kappa shape index (κ3) is 3.59. The number of hydrogen-bond acceptors (Lipinski definition) is 4. The quantitative estimate of drug-likeness (QED) is 0.784. The Morgan fingerprint density at radius 1 is 1.12 bits per heavy atom. The molecule has 0 spiro atoms. The van der Waals surface area contributed by atoms with Gasteiger partial charge in [-0.2, -0.15) is 4.98 Å². The van der Waals surface area contributed by atoms with Gasteiger partial charge < -0.3 is 14.7 Å². The highest BCUT2D eigenvalue weighted by Crippen LogP contribution is 2.27. The number of hydrogen-bond donors (Lipinski definition) is 1. The number of benzene rings is 2. The second kappa shape index (κ2) is 7.39. The summed E-state index contributed by atoms with van der Waals surface area (Å²) in [4.78, 5) is 18.7. The van der Waals surface area contributed by atoms with Gasteiger partial charge >= 0.3 is 6.03 Å². The molecule has 1 atom stereocenters. The van der Waals surface area contributed by atoms with E-state index >= 15 is 0 Å². The molecule has 6 heteroatoms. The van der Waals surface area contributed by atoms with Gasteiger partial charge in [0.05, 0.1) is 5.92 Å². The van der Waals surface area contributed by atoms with Crippen LogP contribution in [0.2, 0.25) is 0 Å². The van der Waals surface area contributed by atoms with Gasteiger partial charge in [-0.3, -0.25) is 0 Å². The molecule has 1 saturated heterocycles. The zero-order chi connectivity index (χ0) is 17.8. The lowest BCUT2D eigenvalue weighted by atomic mass is 10.1. The molecule has 1 aliphatic rings. The summed E-state index contributed by atoms with van der Waals surface area (Å²) in [6.45, 7) is 1.81. The zero-order valence-electron chi connectivity index (χ0n) is 14.3. The minimum atomic E-state index is -0.0563. The molecule has 2 aromatic carbocycles. The average Bonchev–Trinajstić information content (AvgIpc) is 3.37. The minimum Gasteiger partial charge on any atom is -0.339 e.